The summed E-state index contributed by atoms with van der Waals surface area (Å²) in [4.78, 5) is 15.7. The van der Waals surface area contributed by atoms with E-state index in [4.69, 9.17) is 16.3 Å². The lowest BCUT2D eigenvalue weighted by Crippen LogP contribution is -2.49. The Kier molecular flexibility index (Phi) is 7.46. The molecular formula is C11H19ClF2N2O2. The predicted octanol–water partition coefficient (Wildman–Crippen LogP) is 1.04. The molecule has 1 aliphatic rings. The highest BCUT2D eigenvalue weighted by Crippen LogP contribution is 2.04. The Hall–Kier alpha value is -0.460. The number of carbonyl (C=O) groups is 1. The molecule has 0 atom stereocenters. The first-order valence-corrected chi connectivity index (χ1v) is 6.59. The zero-order valence-electron chi connectivity index (χ0n) is 10.3. The molecule has 0 bridgehead atoms. The van der Waals surface area contributed by atoms with E-state index in [-0.39, 0.29) is 18.9 Å². The molecule has 1 fully saturated rings. The highest BCUT2D eigenvalue weighted by molar-refractivity contribution is 6.18. The summed E-state index contributed by atoms with van der Waals surface area (Å²) in [6.07, 6.45) is -2.30. The number of ether oxygens (including phenoxy) is 1. The number of alkyl halides is 3. The van der Waals surface area contributed by atoms with Crippen LogP contribution in [0.15, 0.2) is 0 Å². The normalized spacial score (nSPS) is 17.4. The van der Waals surface area contributed by atoms with Crippen LogP contribution < -0.4 is 0 Å². The Morgan fingerprint density at radius 1 is 1.28 bits per heavy atom. The SMILES string of the molecule is O=C(CCOCC(F)F)N1CCN(CCCl)CC1. The lowest BCUT2D eigenvalue weighted by molar-refractivity contribution is -0.134. The molecule has 0 saturated carbocycles. The van der Waals surface area contributed by atoms with Gasteiger partial charge in [-0.05, 0) is 0 Å². The van der Waals surface area contributed by atoms with Gasteiger partial charge in [0.2, 0.25) is 5.91 Å². The molecule has 0 aromatic heterocycles. The van der Waals surface area contributed by atoms with Gasteiger partial charge in [0.15, 0.2) is 0 Å². The lowest BCUT2D eigenvalue weighted by Gasteiger charge is -2.34. The van der Waals surface area contributed by atoms with E-state index in [0.29, 0.717) is 19.0 Å². The lowest BCUT2D eigenvalue weighted by atomic mass is 10.3. The molecule has 0 spiro atoms. The van der Waals surface area contributed by atoms with Gasteiger partial charge in [-0.15, -0.1) is 11.6 Å². The van der Waals surface area contributed by atoms with Gasteiger partial charge in [-0.2, -0.15) is 0 Å². The van der Waals surface area contributed by atoms with E-state index in [1.54, 1.807) is 4.90 Å². The second-order valence-corrected chi connectivity index (χ2v) is 4.51. The Balaban J connectivity index is 2.12. The minimum atomic E-state index is -2.47. The molecule has 0 aromatic rings. The van der Waals surface area contributed by atoms with Gasteiger partial charge in [0.1, 0.15) is 6.61 Å². The van der Waals surface area contributed by atoms with E-state index < -0.39 is 13.0 Å². The Morgan fingerprint density at radius 3 is 2.50 bits per heavy atom. The third-order valence-electron chi connectivity index (χ3n) is 2.83. The second kappa shape index (κ2) is 8.61. The van der Waals surface area contributed by atoms with Crippen LogP contribution in [0.4, 0.5) is 8.78 Å². The largest absolute Gasteiger partial charge is 0.375 e. The van der Waals surface area contributed by atoms with Crippen molar-refractivity contribution in [3.05, 3.63) is 0 Å². The summed E-state index contributed by atoms with van der Waals surface area (Å²) in [7, 11) is 0. The first-order chi connectivity index (χ1) is 8.63. The Bertz CT molecular complexity index is 249. The molecule has 0 aliphatic carbocycles. The van der Waals surface area contributed by atoms with Crippen molar-refractivity contribution < 1.29 is 18.3 Å². The monoisotopic (exact) mass is 284 g/mol. The number of amides is 1. The van der Waals surface area contributed by atoms with E-state index in [1.807, 2.05) is 0 Å². The van der Waals surface area contributed by atoms with E-state index in [2.05, 4.69) is 4.90 Å². The molecule has 1 rings (SSSR count). The molecule has 7 heteroatoms. The van der Waals surface area contributed by atoms with Crippen LogP contribution in [0.3, 0.4) is 0 Å². The molecule has 18 heavy (non-hydrogen) atoms. The molecule has 0 radical (unpaired) electrons. The Morgan fingerprint density at radius 2 is 1.94 bits per heavy atom. The molecule has 4 nitrogen and oxygen atoms in total. The topological polar surface area (TPSA) is 32.8 Å². The van der Waals surface area contributed by atoms with Crippen molar-refractivity contribution in [1.29, 1.82) is 0 Å². The highest BCUT2D eigenvalue weighted by atomic mass is 35.5. The minimum absolute atomic E-state index is 0.0326. The standard InChI is InChI=1S/C11H19ClF2N2O2/c12-2-3-15-4-6-16(7-5-15)11(17)1-8-18-9-10(13)14/h10H,1-9H2. The minimum Gasteiger partial charge on any atom is -0.375 e. The first kappa shape index (κ1) is 15.6. The fraction of sp³-hybridized carbons (Fsp3) is 0.909. The summed E-state index contributed by atoms with van der Waals surface area (Å²) in [5, 5.41) is 0. The molecule has 1 amide bonds. The van der Waals surface area contributed by atoms with Crippen LogP contribution in [-0.4, -0.2) is 73.9 Å². The smallest absolute Gasteiger partial charge is 0.261 e. The van der Waals surface area contributed by atoms with Crippen molar-refractivity contribution in [3.63, 3.8) is 0 Å². The predicted molar refractivity (Wildman–Crippen MR) is 65.2 cm³/mol. The maximum absolute atomic E-state index is 11.8. The average Bonchev–Trinajstić information content (AvgIpc) is 2.35. The molecular weight excluding hydrogens is 266 g/mol. The quantitative estimate of drug-likeness (QED) is 0.517. The molecule has 106 valence electrons. The third-order valence-corrected chi connectivity index (χ3v) is 3.00. The Labute approximate surface area is 111 Å². The van der Waals surface area contributed by atoms with Crippen molar-refractivity contribution >= 4 is 17.5 Å². The summed E-state index contributed by atoms with van der Waals surface area (Å²) >= 11 is 5.64. The number of halogens is 3. The van der Waals surface area contributed by atoms with Crippen molar-refractivity contribution in [2.45, 2.75) is 12.8 Å². The third kappa shape index (κ3) is 5.93. The van der Waals surface area contributed by atoms with E-state index in [1.165, 1.54) is 0 Å². The van der Waals surface area contributed by atoms with Gasteiger partial charge in [0, 0.05) is 38.6 Å². The van der Waals surface area contributed by atoms with Crippen molar-refractivity contribution in [1.82, 2.24) is 9.80 Å². The van der Waals surface area contributed by atoms with Gasteiger partial charge in [0.25, 0.3) is 6.43 Å². The van der Waals surface area contributed by atoms with Gasteiger partial charge in [0.05, 0.1) is 13.0 Å². The van der Waals surface area contributed by atoms with Gasteiger partial charge < -0.3 is 9.64 Å². The molecule has 0 aromatic carbocycles. The number of hydrogen-bond acceptors (Lipinski definition) is 3. The summed E-state index contributed by atoms with van der Waals surface area (Å²) < 4.78 is 28.3. The average molecular weight is 285 g/mol. The molecule has 1 aliphatic heterocycles. The fourth-order valence-electron chi connectivity index (χ4n) is 1.83. The number of hydrogen-bond donors (Lipinski definition) is 0. The molecule has 0 unspecified atom stereocenters. The molecule has 1 heterocycles. The summed E-state index contributed by atoms with van der Waals surface area (Å²) in [6, 6.07) is 0. The maximum atomic E-state index is 11.8. The number of piperazine rings is 1. The zero-order chi connectivity index (χ0) is 13.4. The van der Waals surface area contributed by atoms with Crippen LogP contribution in [0, 0.1) is 0 Å². The van der Waals surface area contributed by atoms with Gasteiger partial charge in [-0.3, -0.25) is 9.69 Å². The summed E-state index contributed by atoms with van der Waals surface area (Å²) in [5.74, 6) is 0.560. The van der Waals surface area contributed by atoms with Crippen molar-refractivity contribution in [2.75, 3.05) is 51.8 Å². The van der Waals surface area contributed by atoms with E-state index in [9.17, 15) is 13.6 Å². The summed E-state index contributed by atoms with van der Waals surface area (Å²) in [6.45, 7) is 3.27. The van der Waals surface area contributed by atoms with Crippen molar-refractivity contribution in [2.24, 2.45) is 0 Å². The van der Waals surface area contributed by atoms with Crippen LogP contribution in [0.25, 0.3) is 0 Å². The molecule has 1 saturated heterocycles. The van der Waals surface area contributed by atoms with Crippen LogP contribution in [0.5, 0.6) is 0 Å². The van der Waals surface area contributed by atoms with Crippen LogP contribution >= 0.6 is 11.6 Å². The van der Waals surface area contributed by atoms with Gasteiger partial charge in [-0.1, -0.05) is 0 Å². The van der Waals surface area contributed by atoms with Gasteiger partial charge in [-0.25, -0.2) is 8.78 Å². The highest BCUT2D eigenvalue weighted by Gasteiger charge is 2.20. The van der Waals surface area contributed by atoms with Crippen LogP contribution in [0.1, 0.15) is 6.42 Å². The van der Waals surface area contributed by atoms with Gasteiger partial charge >= 0.3 is 0 Å². The number of rotatable bonds is 7. The zero-order valence-corrected chi connectivity index (χ0v) is 11.0. The fourth-order valence-corrected chi connectivity index (χ4v) is 2.07. The number of nitrogens with zero attached hydrogens (tertiary/aromatic N) is 2. The van der Waals surface area contributed by atoms with Crippen LogP contribution in [-0.2, 0) is 9.53 Å². The van der Waals surface area contributed by atoms with E-state index >= 15 is 0 Å². The maximum Gasteiger partial charge on any atom is 0.261 e. The first-order valence-electron chi connectivity index (χ1n) is 6.05. The second-order valence-electron chi connectivity index (χ2n) is 4.13. The molecule has 0 N–H and O–H groups in total. The number of carbonyl (C=O) groups excluding carboxylic acids is 1. The van der Waals surface area contributed by atoms with Crippen molar-refractivity contribution in [3.8, 4) is 0 Å². The van der Waals surface area contributed by atoms with Crippen LogP contribution in [0.2, 0.25) is 0 Å². The summed E-state index contributed by atoms with van der Waals surface area (Å²) in [5.41, 5.74) is 0. The van der Waals surface area contributed by atoms with E-state index in [0.717, 1.165) is 19.6 Å².